The van der Waals surface area contributed by atoms with Gasteiger partial charge in [-0.3, -0.25) is 4.68 Å². The molecule has 0 fully saturated rings. The summed E-state index contributed by atoms with van der Waals surface area (Å²) in [6, 6.07) is 11.2. The van der Waals surface area contributed by atoms with Gasteiger partial charge < -0.3 is 5.32 Å². The van der Waals surface area contributed by atoms with Crippen LogP contribution in [0.25, 0.3) is 5.69 Å². The minimum absolute atomic E-state index is 0.306. The summed E-state index contributed by atoms with van der Waals surface area (Å²) in [5.41, 5.74) is 3.65. The molecule has 3 rings (SSSR count). The molecule has 1 atom stereocenters. The number of nitrogens with zero attached hydrogens (tertiary/aromatic N) is 4. The van der Waals surface area contributed by atoms with Gasteiger partial charge in [0.2, 0.25) is 0 Å². The Balaban J connectivity index is 1.50. The van der Waals surface area contributed by atoms with Crippen molar-refractivity contribution in [3.63, 3.8) is 0 Å². The van der Waals surface area contributed by atoms with Gasteiger partial charge in [0.05, 0.1) is 11.9 Å². The summed E-state index contributed by atoms with van der Waals surface area (Å²) >= 11 is 0. The fourth-order valence-corrected chi connectivity index (χ4v) is 2.65. The van der Waals surface area contributed by atoms with E-state index in [2.05, 4.69) is 66.7 Å². The maximum atomic E-state index is 4.41. The summed E-state index contributed by atoms with van der Waals surface area (Å²) in [7, 11) is 0. The minimum atomic E-state index is 0.306. The Kier molecular flexibility index (Phi) is 5.11. The van der Waals surface area contributed by atoms with Crippen molar-refractivity contribution in [3.05, 3.63) is 66.2 Å². The monoisotopic (exact) mass is 323 g/mol. The Hall–Kier alpha value is -2.40. The van der Waals surface area contributed by atoms with Crippen LogP contribution in [0, 0.1) is 0 Å². The van der Waals surface area contributed by atoms with Gasteiger partial charge in [0.25, 0.3) is 0 Å². The fraction of sp³-hybridized carbons (Fsp3) is 0.368. The van der Waals surface area contributed by atoms with E-state index in [-0.39, 0.29) is 0 Å². The molecule has 1 N–H and O–H groups in total. The molecular formula is C19H25N5. The Bertz CT molecular complexity index is 740. The molecule has 0 saturated heterocycles. The second-order valence-corrected chi connectivity index (χ2v) is 6.39. The average Bonchev–Trinajstić information content (AvgIpc) is 3.27. The molecule has 0 aliphatic carbocycles. The van der Waals surface area contributed by atoms with Crippen LogP contribution in [0.5, 0.6) is 0 Å². The van der Waals surface area contributed by atoms with E-state index in [1.54, 1.807) is 6.20 Å². The van der Waals surface area contributed by atoms with Crippen LogP contribution < -0.4 is 5.32 Å². The van der Waals surface area contributed by atoms with Crippen molar-refractivity contribution in [1.82, 2.24) is 24.9 Å². The lowest BCUT2D eigenvalue weighted by atomic mass is 10.1. The number of hydrogen-bond acceptors (Lipinski definition) is 3. The molecule has 5 nitrogen and oxygen atoms in total. The van der Waals surface area contributed by atoms with Gasteiger partial charge in [-0.2, -0.15) is 10.2 Å². The highest BCUT2D eigenvalue weighted by molar-refractivity contribution is 5.33. The van der Waals surface area contributed by atoms with Crippen LogP contribution in [-0.2, 0) is 6.42 Å². The van der Waals surface area contributed by atoms with Crippen molar-refractivity contribution in [1.29, 1.82) is 0 Å². The predicted molar refractivity (Wildman–Crippen MR) is 96.3 cm³/mol. The summed E-state index contributed by atoms with van der Waals surface area (Å²) in [4.78, 5) is 0. The number of rotatable bonds is 7. The zero-order valence-electron chi connectivity index (χ0n) is 14.6. The van der Waals surface area contributed by atoms with Crippen molar-refractivity contribution in [2.24, 2.45) is 0 Å². The molecule has 0 aliphatic heterocycles. The molecule has 0 radical (unpaired) electrons. The van der Waals surface area contributed by atoms with E-state index in [0.29, 0.717) is 12.1 Å². The zero-order chi connectivity index (χ0) is 16.9. The van der Waals surface area contributed by atoms with Gasteiger partial charge in [0, 0.05) is 36.2 Å². The standard InChI is InChI=1S/C19H25N5/c1-15(2)24-14-18(13-22-24)16(3)20-11-9-17-5-7-19(8-6-17)23-12-4-10-21-23/h4-8,10,12-16,20H,9,11H2,1-3H3/t16-/m1/s1. The molecule has 0 aliphatic rings. The molecule has 2 heterocycles. The highest BCUT2D eigenvalue weighted by atomic mass is 15.3. The van der Waals surface area contributed by atoms with Gasteiger partial charge in [-0.15, -0.1) is 0 Å². The molecule has 0 spiro atoms. The molecule has 1 aromatic carbocycles. The summed E-state index contributed by atoms with van der Waals surface area (Å²) in [5.74, 6) is 0. The molecule has 2 aromatic heterocycles. The second kappa shape index (κ2) is 7.45. The molecule has 24 heavy (non-hydrogen) atoms. The van der Waals surface area contributed by atoms with Crippen molar-refractivity contribution in [2.75, 3.05) is 6.54 Å². The van der Waals surface area contributed by atoms with Gasteiger partial charge in [0.15, 0.2) is 0 Å². The van der Waals surface area contributed by atoms with Crippen LogP contribution in [0.2, 0.25) is 0 Å². The van der Waals surface area contributed by atoms with Crippen LogP contribution in [0.4, 0.5) is 0 Å². The molecular weight excluding hydrogens is 298 g/mol. The zero-order valence-corrected chi connectivity index (χ0v) is 14.6. The lowest BCUT2D eigenvalue weighted by Gasteiger charge is -2.12. The summed E-state index contributed by atoms with van der Waals surface area (Å²) in [6.45, 7) is 7.40. The van der Waals surface area contributed by atoms with E-state index in [1.165, 1.54) is 11.1 Å². The molecule has 126 valence electrons. The number of benzene rings is 1. The molecule has 3 aromatic rings. The Morgan fingerprint density at radius 1 is 1.08 bits per heavy atom. The maximum Gasteiger partial charge on any atom is 0.0645 e. The summed E-state index contributed by atoms with van der Waals surface area (Å²) in [5, 5.41) is 12.2. The number of hydrogen-bond donors (Lipinski definition) is 1. The first-order valence-electron chi connectivity index (χ1n) is 8.50. The first-order chi connectivity index (χ1) is 11.6. The van der Waals surface area contributed by atoms with Crippen molar-refractivity contribution in [3.8, 4) is 5.69 Å². The van der Waals surface area contributed by atoms with Gasteiger partial charge in [0.1, 0.15) is 0 Å². The molecule has 0 saturated carbocycles. The lowest BCUT2D eigenvalue weighted by Crippen LogP contribution is -2.21. The smallest absolute Gasteiger partial charge is 0.0645 e. The highest BCUT2D eigenvalue weighted by Gasteiger charge is 2.08. The van der Waals surface area contributed by atoms with E-state index in [4.69, 9.17) is 0 Å². The van der Waals surface area contributed by atoms with Crippen LogP contribution in [0.15, 0.2) is 55.1 Å². The average molecular weight is 323 g/mol. The SMILES string of the molecule is CC(C)n1cc([C@@H](C)NCCc2ccc(-n3cccn3)cc2)cn1. The lowest BCUT2D eigenvalue weighted by molar-refractivity contribution is 0.529. The van der Waals surface area contributed by atoms with Gasteiger partial charge in [-0.1, -0.05) is 12.1 Å². The van der Waals surface area contributed by atoms with E-state index in [1.807, 2.05) is 27.8 Å². The van der Waals surface area contributed by atoms with Gasteiger partial charge in [-0.05, 0) is 57.5 Å². The Labute approximate surface area is 143 Å². The van der Waals surface area contributed by atoms with E-state index in [9.17, 15) is 0 Å². The van der Waals surface area contributed by atoms with E-state index >= 15 is 0 Å². The number of aromatic nitrogens is 4. The minimum Gasteiger partial charge on any atom is -0.310 e. The first-order valence-corrected chi connectivity index (χ1v) is 8.50. The number of nitrogens with one attached hydrogen (secondary N) is 1. The van der Waals surface area contributed by atoms with E-state index in [0.717, 1.165) is 18.7 Å². The molecule has 0 amide bonds. The largest absolute Gasteiger partial charge is 0.310 e. The topological polar surface area (TPSA) is 47.7 Å². The normalized spacial score (nSPS) is 12.7. The molecule has 0 unspecified atom stereocenters. The van der Waals surface area contributed by atoms with Gasteiger partial charge >= 0.3 is 0 Å². The summed E-state index contributed by atoms with van der Waals surface area (Å²) in [6.07, 6.45) is 8.83. The molecule has 0 bridgehead atoms. The second-order valence-electron chi connectivity index (χ2n) is 6.39. The quantitative estimate of drug-likeness (QED) is 0.723. The van der Waals surface area contributed by atoms with Gasteiger partial charge in [-0.25, -0.2) is 4.68 Å². The van der Waals surface area contributed by atoms with Crippen LogP contribution >= 0.6 is 0 Å². The third-order valence-electron chi connectivity index (χ3n) is 4.22. The maximum absolute atomic E-state index is 4.41. The third kappa shape index (κ3) is 3.92. The third-order valence-corrected chi connectivity index (χ3v) is 4.22. The first kappa shape index (κ1) is 16.5. The Morgan fingerprint density at radius 3 is 2.50 bits per heavy atom. The van der Waals surface area contributed by atoms with Crippen LogP contribution in [0.1, 0.15) is 44.0 Å². The highest BCUT2D eigenvalue weighted by Crippen LogP contribution is 2.14. The Morgan fingerprint density at radius 2 is 1.88 bits per heavy atom. The predicted octanol–water partition coefficient (Wildman–Crippen LogP) is 3.54. The van der Waals surface area contributed by atoms with E-state index < -0.39 is 0 Å². The van der Waals surface area contributed by atoms with Crippen LogP contribution in [-0.4, -0.2) is 26.1 Å². The van der Waals surface area contributed by atoms with Crippen molar-refractivity contribution < 1.29 is 0 Å². The van der Waals surface area contributed by atoms with Crippen LogP contribution in [0.3, 0.4) is 0 Å². The molecule has 5 heteroatoms. The summed E-state index contributed by atoms with van der Waals surface area (Å²) < 4.78 is 3.87. The van der Waals surface area contributed by atoms with Crippen molar-refractivity contribution >= 4 is 0 Å². The van der Waals surface area contributed by atoms with Crippen molar-refractivity contribution in [2.45, 2.75) is 39.3 Å². The fourth-order valence-electron chi connectivity index (χ4n) is 2.65.